The first-order chi connectivity index (χ1) is 8.96. The summed E-state index contributed by atoms with van der Waals surface area (Å²) < 4.78 is 5.15. The number of piperidine rings is 1. The molecule has 104 valence electrons. The highest BCUT2D eigenvalue weighted by atomic mass is 16.5. The van der Waals surface area contributed by atoms with Crippen LogP contribution in [0.25, 0.3) is 0 Å². The van der Waals surface area contributed by atoms with Crippen LogP contribution in [-0.2, 0) is 0 Å². The lowest BCUT2D eigenvalue weighted by Crippen LogP contribution is -2.58. The Morgan fingerprint density at radius 1 is 1.47 bits per heavy atom. The first kappa shape index (κ1) is 13.9. The lowest BCUT2D eigenvalue weighted by atomic mass is 9.86. The van der Waals surface area contributed by atoms with Gasteiger partial charge in [-0.3, -0.25) is 4.79 Å². The van der Waals surface area contributed by atoms with Crippen LogP contribution in [0, 0.1) is 0 Å². The highest BCUT2D eigenvalue weighted by Gasteiger charge is 2.40. The number of methoxy groups -OCH3 is 1. The molecule has 1 atom stereocenters. The molecule has 0 aromatic heterocycles. The number of benzene rings is 1. The molecule has 0 saturated carbocycles. The number of aliphatic hydroxyl groups is 1. The van der Waals surface area contributed by atoms with Gasteiger partial charge in [-0.1, -0.05) is 6.07 Å². The summed E-state index contributed by atoms with van der Waals surface area (Å²) in [4.78, 5) is 14.3. The average molecular weight is 263 g/mol. The van der Waals surface area contributed by atoms with Gasteiger partial charge in [0.25, 0.3) is 5.91 Å². The Bertz CT molecular complexity index is 470. The largest absolute Gasteiger partial charge is 0.497 e. The summed E-state index contributed by atoms with van der Waals surface area (Å²) >= 11 is 0. The Labute approximate surface area is 114 Å². The summed E-state index contributed by atoms with van der Waals surface area (Å²) in [6.07, 6.45) is 1.10. The van der Waals surface area contributed by atoms with Gasteiger partial charge in [-0.2, -0.15) is 0 Å². The molecular formula is C15H21NO3. The molecule has 2 rings (SSSR count). The second-order valence-corrected chi connectivity index (χ2v) is 5.50. The van der Waals surface area contributed by atoms with E-state index in [4.69, 9.17) is 4.74 Å². The minimum absolute atomic E-state index is 0.0531. The lowest BCUT2D eigenvalue weighted by Gasteiger charge is -2.45. The highest BCUT2D eigenvalue weighted by molar-refractivity contribution is 5.95. The third kappa shape index (κ3) is 2.59. The molecule has 0 spiro atoms. The number of likely N-dealkylation sites (tertiary alicyclic amines) is 1. The van der Waals surface area contributed by atoms with Crippen molar-refractivity contribution in [3.8, 4) is 5.75 Å². The normalized spacial score (nSPS) is 22.1. The van der Waals surface area contributed by atoms with Gasteiger partial charge in [-0.15, -0.1) is 0 Å². The molecule has 1 heterocycles. The fraction of sp³-hybridized carbons (Fsp3) is 0.533. The predicted molar refractivity (Wildman–Crippen MR) is 73.4 cm³/mol. The molecule has 1 fully saturated rings. The van der Waals surface area contributed by atoms with E-state index < -0.39 is 11.6 Å². The molecule has 19 heavy (non-hydrogen) atoms. The van der Waals surface area contributed by atoms with Gasteiger partial charge in [0.15, 0.2) is 0 Å². The zero-order chi connectivity index (χ0) is 14.0. The van der Waals surface area contributed by atoms with Crippen LogP contribution >= 0.6 is 0 Å². The van der Waals surface area contributed by atoms with Gasteiger partial charge in [0.05, 0.1) is 18.8 Å². The molecule has 1 N–H and O–H groups in total. The van der Waals surface area contributed by atoms with E-state index in [0.717, 1.165) is 12.8 Å². The van der Waals surface area contributed by atoms with Gasteiger partial charge in [-0.05, 0) is 44.9 Å². The number of rotatable bonds is 2. The Balaban J connectivity index is 2.27. The highest BCUT2D eigenvalue weighted by Crippen LogP contribution is 2.29. The number of nitrogens with zero attached hydrogens (tertiary/aromatic N) is 1. The van der Waals surface area contributed by atoms with Crippen LogP contribution in [0.2, 0.25) is 0 Å². The van der Waals surface area contributed by atoms with E-state index in [0.29, 0.717) is 17.9 Å². The molecule has 1 aliphatic heterocycles. The monoisotopic (exact) mass is 263 g/mol. The number of hydrogen-bond donors (Lipinski definition) is 1. The third-order valence-corrected chi connectivity index (χ3v) is 3.93. The minimum Gasteiger partial charge on any atom is -0.497 e. The van der Waals surface area contributed by atoms with Gasteiger partial charge >= 0.3 is 0 Å². The van der Waals surface area contributed by atoms with Crippen LogP contribution in [0.4, 0.5) is 0 Å². The summed E-state index contributed by atoms with van der Waals surface area (Å²) in [6, 6.07) is 7.13. The topological polar surface area (TPSA) is 49.8 Å². The fourth-order valence-electron chi connectivity index (χ4n) is 2.54. The van der Waals surface area contributed by atoms with Gasteiger partial charge in [0.2, 0.25) is 0 Å². The van der Waals surface area contributed by atoms with Crippen molar-refractivity contribution < 1.29 is 14.6 Å². The van der Waals surface area contributed by atoms with Crippen molar-refractivity contribution in [1.82, 2.24) is 4.90 Å². The fourth-order valence-corrected chi connectivity index (χ4v) is 2.54. The molecule has 0 aliphatic carbocycles. The number of aliphatic hydroxyl groups excluding tert-OH is 1. The molecule has 1 aliphatic rings. The minimum atomic E-state index is -0.529. The molecule has 1 saturated heterocycles. The standard InChI is InChI=1S/C15H21NO3/c1-15(2)13(17)8-5-9-16(15)14(18)11-6-4-7-12(10-11)19-3/h4,6-7,10,13,17H,5,8-9H2,1-3H3. The van der Waals surface area contributed by atoms with Crippen molar-refractivity contribution in [2.75, 3.05) is 13.7 Å². The van der Waals surface area contributed by atoms with Crippen molar-refractivity contribution in [2.45, 2.75) is 38.3 Å². The quantitative estimate of drug-likeness (QED) is 0.888. The van der Waals surface area contributed by atoms with Crippen LogP contribution in [0.5, 0.6) is 5.75 Å². The molecule has 0 bridgehead atoms. The van der Waals surface area contributed by atoms with Crippen molar-refractivity contribution in [3.05, 3.63) is 29.8 Å². The molecule has 0 radical (unpaired) electrons. The summed E-state index contributed by atoms with van der Waals surface area (Å²) in [5, 5.41) is 10.1. The van der Waals surface area contributed by atoms with Gasteiger partial charge < -0.3 is 14.7 Å². The summed E-state index contributed by atoms with van der Waals surface area (Å²) in [5.74, 6) is 0.615. The molecule has 4 nitrogen and oxygen atoms in total. The van der Waals surface area contributed by atoms with E-state index in [9.17, 15) is 9.90 Å². The molecule has 1 unspecified atom stereocenters. The number of carbonyl (C=O) groups excluding carboxylic acids is 1. The van der Waals surface area contributed by atoms with Crippen LogP contribution in [0.3, 0.4) is 0 Å². The number of amides is 1. The Hall–Kier alpha value is -1.55. The SMILES string of the molecule is COc1cccc(C(=O)N2CCCC(O)C2(C)C)c1. The molecule has 1 aromatic rings. The second-order valence-electron chi connectivity index (χ2n) is 5.50. The third-order valence-electron chi connectivity index (χ3n) is 3.93. The van der Waals surface area contributed by atoms with Crippen LogP contribution in [0.15, 0.2) is 24.3 Å². The smallest absolute Gasteiger partial charge is 0.254 e. The van der Waals surface area contributed by atoms with E-state index in [1.54, 1.807) is 30.2 Å². The van der Waals surface area contributed by atoms with Crippen molar-refractivity contribution in [2.24, 2.45) is 0 Å². The Morgan fingerprint density at radius 2 is 2.21 bits per heavy atom. The van der Waals surface area contributed by atoms with Crippen molar-refractivity contribution >= 4 is 5.91 Å². The van der Waals surface area contributed by atoms with E-state index in [2.05, 4.69) is 0 Å². The summed E-state index contributed by atoms with van der Waals surface area (Å²) in [6.45, 7) is 4.50. The molecule has 1 amide bonds. The number of carbonyl (C=O) groups is 1. The number of hydrogen-bond acceptors (Lipinski definition) is 3. The van der Waals surface area contributed by atoms with Gasteiger partial charge in [0, 0.05) is 12.1 Å². The maximum Gasteiger partial charge on any atom is 0.254 e. The molecular weight excluding hydrogens is 242 g/mol. The summed E-state index contributed by atoms with van der Waals surface area (Å²) in [5.41, 5.74) is 0.0693. The van der Waals surface area contributed by atoms with Crippen molar-refractivity contribution in [3.63, 3.8) is 0 Å². The average Bonchev–Trinajstić information content (AvgIpc) is 2.41. The maximum absolute atomic E-state index is 12.6. The van der Waals surface area contributed by atoms with Gasteiger partial charge in [0.1, 0.15) is 5.75 Å². The second kappa shape index (κ2) is 5.21. The maximum atomic E-state index is 12.6. The Morgan fingerprint density at radius 3 is 2.89 bits per heavy atom. The van der Waals surface area contributed by atoms with E-state index in [1.165, 1.54) is 0 Å². The molecule has 4 heteroatoms. The number of ether oxygens (including phenoxy) is 1. The van der Waals surface area contributed by atoms with Crippen LogP contribution in [-0.4, -0.2) is 41.2 Å². The zero-order valence-corrected chi connectivity index (χ0v) is 11.7. The first-order valence-electron chi connectivity index (χ1n) is 6.61. The van der Waals surface area contributed by atoms with E-state index >= 15 is 0 Å². The Kier molecular flexibility index (Phi) is 3.80. The lowest BCUT2D eigenvalue weighted by molar-refractivity contribution is -0.0307. The van der Waals surface area contributed by atoms with Crippen LogP contribution in [0.1, 0.15) is 37.0 Å². The van der Waals surface area contributed by atoms with E-state index in [-0.39, 0.29) is 5.91 Å². The van der Waals surface area contributed by atoms with Crippen LogP contribution < -0.4 is 4.74 Å². The zero-order valence-electron chi connectivity index (χ0n) is 11.7. The summed E-state index contributed by atoms with van der Waals surface area (Å²) in [7, 11) is 1.58. The van der Waals surface area contributed by atoms with Gasteiger partial charge in [-0.25, -0.2) is 0 Å². The molecule has 1 aromatic carbocycles. The van der Waals surface area contributed by atoms with E-state index in [1.807, 2.05) is 19.9 Å². The first-order valence-corrected chi connectivity index (χ1v) is 6.61. The van der Waals surface area contributed by atoms with Crippen molar-refractivity contribution in [1.29, 1.82) is 0 Å². The predicted octanol–water partition coefficient (Wildman–Crippen LogP) is 2.07.